The Kier molecular flexibility index (Phi) is 3.01. The van der Waals surface area contributed by atoms with Crippen LogP contribution in [-0.4, -0.2) is 10.8 Å². The highest BCUT2D eigenvalue weighted by Crippen LogP contribution is 2.15. The second-order valence-electron chi connectivity index (χ2n) is 3.59. The van der Waals surface area contributed by atoms with E-state index in [2.05, 4.69) is 4.98 Å². The molecule has 1 aromatic heterocycles. The lowest BCUT2D eigenvalue weighted by atomic mass is 10.1. The topological polar surface area (TPSA) is 56.0 Å². The van der Waals surface area contributed by atoms with Gasteiger partial charge in [0.2, 0.25) is 0 Å². The van der Waals surface area contributed by atoms with Crippen LogP contribution < -0.4 is 5.73 Å². The number of thiazole rings is 1. The zero-order valence-electron chi connectivity index (χ0n) is 8.93. The van der Waals surface area contributed by atoms with E-state index in [1.807, 2.05) is 6.92 Å². The Morgan fingerprint density at radius 2 is 2.31 bits per heavy atom. The van der Waals surface area contributed by atoms with Crippen LogP contribution in [0.1, 0.15) is 20.2 Å². The molecule has 0 bridgehead atoms. The van der Waals surface area contributed by atoms with Gasteiger partial charge in [-0.1, -0.05) is 12.1 Å². The predicted octanol–water partition coefficient (Wildman–Crippen LogP) is 2.46. The number of Topliss-reactive ketones (excluding diaryl/α,β-unsaturated/α-hetero) is 1. The number of nitrogens with zero attached hydrogens (tertiary/aromatic N) is 1. The number of benzene rings is 1. The fourth-order valence-electron chi connectivity index (χ4n) is 1.43. The summed E-state index contributed by atoms with van der Waals surface area (Å²) in [4.78, 5) is 17.2. The number of nitrogens with two attached hydrogens (primary N) is 1. The predicted molar refractivity (Wildman–Crippen MR) is 65.7 cm³/mol. The summed E-state index contributed by atoms with van der Waals surface area (Å²) in [7, 11) is 0. The molecule has 0 unspecified atom stereocenters. The van der Waals surface area contributed by atoms with Gasteiger partial charge in [-0.15, -0.1) is 11.3 Å². The van der Waals surface area contributed by atoms with Crippen molar-refractivity contribution in [3.8, 4) is 0 Å². The molecule has 2 aromatic rings. The van der Waals surface area contributed by atoms with E-state index in [1.165, 1.54) is 0 Å². The zero-order valence-corrected chi connectivity index (χ0v) is 9.75. The summed E-state index contributed by atoms with van der Waals surface area (Å²) in [6.45, 7) is 1.98. The normalized spacial score (nSPS) is 10.3. The van der Waals surface area contributed by atoms with E-state index in [0.29, 0.717) is 17.7 Å². The molecule has 0 aliphatic carbocycles. The molecule has 0 saturated heterocycles. The minimum Gasteiger partial charge on any atom is -0.399 e. The van der Waals surface area contributed by atoms with Crippen LogP contribution in [0, 0.1) is 6.92 Å². The molecular weight excluding hydrogens is 220 g/mol. The maximum atomic E-state index is 11.9. The average molecular weight is 232 g/mol. The number of hydrogen-bond donors (Lipinski definition) is 1. The minimum atomic E-state index is 0.0571. The van der Waals surface area contributed by atoms with Gasteiger partial charge in [0.05, 0.1) is 6.42 Å². The number of hydrogen-bond acceptors (Lipinski definition) is 4. The van der Waals surface area contributed by atoms with Crippen LogP contribution >= 0.6 is 11.3 Å². The second-order valence-corrected chi connectivity index (χ2v) is 4.91. The first-order valence-corrected chi connectivity index (χ1v) is 5.77. The van der Waals surface area contributed by atoms with Crippen molar-refractivity contribution < 1.29 is 4.79 Å². The molecule has 1 aromatic carbocycles. The number of aromatic nitrogens is 1. The fraction of sp³-hybridized carbons (Fsp3) is 0.167. The maximum absolute atomic E-state index is 11.9. The Labute approximate surface area is 97.9 Å². The number of ketones is 1. The van der Waals surface area contributed by atoms with Crippen molar-refractivity contribution in [2.75, 3.05) is 5.73 Å². The van der Waals surface area contributed by atoms with Crippen molar-refractivity contribution in [2.24, 2.45) is 0 Å². The zero-order chi connectivity index (χ0) is 11.5. The Hall–Kier alpha value is -1.68. The number of carbonyl (C=O) groups is 1. The van der Waals surface area contributed by atoms with Gasteiger partial charge in [0.15, 0.2) is 5.78 Å². The molecule has 0 aliphatic heterocycles. The summed E-state index contributed by atoms with van der Waals surface area (Å²) in [5, 5.41) is 0.852. The van der Waals surface area contributed by atoms with E-state index in [4.69, 9.17) is 5.73 Å². The Morgan fingerprint density at radius 3 is 2.94 bits per heavy atom. The SMILES string of the molecule is Cc1cnc(CC(=O)c2cccc(N)c2)s1. The maximum Gasteiger partial charge on any atom is 0.169 e. The van der Waals surface area contributed by atoms with Crippen LogP contribution in [-0.2, 0) is 6.42 Å². The van der Waals surface area contributed by atoms with Crippen LogP contribution in [0.25, 0.3) is 0 Å². The van der Waals surface area contributed by atoms with Gasteiger partial charge in [-0.05, 0) is 19.1 Å². The number of anilines is 1. The molecule has 0 aliphatic rings. The van der Waals surface area contributed by atoms with E-state index < -0.39 is 0 Å². The van der Waals surface area contributed by atoms with Crippen molar-refractivity contribution >= 4 is 22.8 Å². The number of rotatable bonds is 3. The van der Waals surface area contributed by atoms with Gasteiger partial charge >= 0.3 is 0 Å². The first-order valence-electron chi connectivity index (χ1n) is 4.95. The van der Waals surface area contributed by atoms with Crippen molar-refractivity contribution in [2.45, 2.75) is 13.3 Å². The Balaban J connectivity index is 2.14. The molecule has 2 N–H and O–H groups in total. The summed E-state index contributed by atoms with van der Waals surface area (Å²) in [6.07, 6.45) is 2.13. The Morgan fingerprint density at radius 1 is 1.50 bits per heavy atom. The number of aryl methyl sites for hydroxylation is 1. The molecule has 1 heterocycles. The van der Waals surface area contributed by atoms with Gasteiger partial charge in [-0.3, -0.25) is 4.79 Å². The Bertz CT molecular complexity index is 519. The molecule has 0 fully saturated rings. The van der Waals surface area contributed by atoms with Gasteiger partial charge < -0.3 is 5.73 Å². The molecule has 0 amide bonds. The quantitative estimate of drug-likeness (QED) is 0.653. The van der Waals surface area contributed by atoms with Gasteiger partial charge in [-0.25, -0.2) is 4.98 Å². The standard InChI is InChI=1S/C12H12N2OS/c1-8-7-14-12(16-8)6-11(15)9-3-2-4-10(13)5-9/h2-5,7H,6,13H2,1H3. The highest BCUT2D eigenvalue weighted by atomic mass is 32.1. The van der Waals surface area contributed by atoms with E-state index in [-0.39, 0.29) is 5.78 Å². The third kappa shape index (κ3) is 2.46. The van der Waals surface area contributed by atoms with Crippen LogP contribution in [0.15, 0.2) is 30.5 Å². The number of carbonyl (C=O) groups excluding carboxylic acids is 1. The van der Waals surface area contributed by atoms with Crippen LogP contribution in [0.5, 0.6) is 0 Å². The summed E-state index contributed by atoms with van der Waals surface area (Å²) in [5.74, 6) is 0.0571. The molecule has 0 radical (unpaired) electrons. The van der Waals surface area contributed by atoms with Crippen molar-refractivity contribution in [3.63, 3.8) is 0 Å². The smallest absolute Gasteiger partial charge is 0.169 e. The number of nitrogen functional groups attached to an aromatic ring is 1. The second kappa shape index (κ2) is 4.45. The highest BCUT2D eigenvalue weighted by molar-refractivity contribution is 7.11. The summed E-state index contributed by atoms with van der Waals surface area (Å²) >= 11 is 1.55. The van der Waals surface area contributed by atoms with E-state index >= 15 is 0 Å². The highest BCUT2D eigenvalue weighted by Gasteiger charge is 2.09. The summed E-state index contributed by atoms with van der Waals surface area (Å²) in [5.41, 5.74) is 6.89. The lowest BCUT2D eigenvalue weighted by molar-refractivity contribution is 0.0993. The lowest BCUT2D eigenvalue weighted by Gasteiger charge is -1.99. The first kappa shape index (κ1) is 10.8. The molecule has 3 nitrogen and oxygen atoms in total. The average Bonchev–Trinajstić information content (AvgIpc) is 2.64. The molecule has 82 valence electrons. The van der Waals surface area contributed by atoms with Gasteiger partial charge in [0.25, 0.3) is 0 Å². The third-order valence-electron chi connectivity index (χ3n) is 2.19. The van der Waals surface area contributed by atoms with Crippen molar-refractivity contribution in [1.29, 1.82) is 0 Å². The monoisotopic (exact) mass is 232 g/mol. The molecule has 0 spiro atoms. The molecule has 16 heavy (non-hydrogen) atoms. The summed E-state index contributed by atoms with van der Waals surface area (Å²) in [6, 6.07) is 7.03. The minimum absolute atomic E-state index is 0.0571. The fourth-order valence-corrected chi connectivity index (χ4v) is 2.22. The van der Waals surface area contributed by atoms with Crippen LogP contribution in [0.4, 0.5) is 5.69 Å². The van der Waals surface area contributed by atoms with E-state index in [0.717, 1.165) is 9.88 Å². The van der Waals surface area contributed by atoms with Gasteiger partial charge in [-0.2, -0.15) is 0 Å². The molecule has 0 saturated carbocycles. The third-order valence-corrected chi connectivity index (χ3v) is 3.10. The lowest BCUT2D eigenvalue weighted by Crippen LogP contribution is -2.03. The van der Waals surface area contributed by atoms with Crippen molar-refractivity contribution in [1.82, 2.24) is 4.98 Å². The molecule has 0 atom stereocenters. The van der Waals surface area contributed by atoms with Gasteiger partial charge in [0.1, 0.15) is 5.01 Å². The van der Waals surface area contributed by atoms with Gasteiger partial charge in [0, 0.05) is 22.3 Å². The van der Waals surface area contributed by atoms with E-state index in [1.54, 1.807) is 41.8 Å². The largest absolute Gasteiger partial charge is 0.399 e. The molecule has 2 rings (SSSR count). The first-order chi connectivity index (χ1) is 7.65. The summed E-state index contributed by atoms with van der Waals surface area (Å²) < 4.78 is 0. The molecule has 4 heteroatoms. The van der Waals surface area contributed by atoms with Crippen molar-refractivity contribution in [3.05, 3.63) is 45.9 Å². The van der Waals surface area contributed by atoms with E-state index in [9.17, 15) is 4.79 Å². The van der Waals surface area contributed by atoms with Crippen LogP contribution in [0.2, 0.25) is 0 Å². The van der Waals surface area contributed by atoms with Crippen LogP contribution in [0.3, 0.4) is 0 Å². The molecular formula is C12H12N2OS.